The molecule has 1 aromatic carbocycles. The summed E-state index contributed by atoms with van der Waals surface area (Å²) in [4.78, 5) is 2.44. The van der Waals surface area contributed by atoms with Gasteiger partial charge in [0, 0.05) is 32.3 Å². The summed E-state index contributed by atoms with van der Waals surface area (Å²) in [5.41, 5.74) is 1.01. The Morgan fingerprint density at radius 2 is 2.10 bits per heavy atom. The van der Waals surface area contributed by atoms with E-state index in [1.807, 2.05) is 13.1 Å². The van der Waals surface area contributed by atoms with Crippen molar-refractivity contribution >= 4 is 0 Å². The largest absolute Gasteiger partial charge is 0.383 e. The fraction of sp³-hybridized carbons (Fsp3) is 0.647. The maximum Gasteiger partial charge on any atom is 0.123 e. The zero-order valence-electron chi connectivity index (χ0n) is 13.7. The van der Waals surface area contributed by atoms with Crippen molar-refractivity contribution in [1.82, 2.24) is 10.2 Å². The zero-order chi connectivity index (χ0) is 15.7. The van der Waals surface area contributed by atoms with E-state index in [-0.39, 0.29) is 11.9 Å². The molecule has 0 spiro atoms. The van der Waals surface area contributed by atoms with Crippen molar-refractivity contribution in [2.75, 3.05) is 33.9 Å². The van der Waals surface area contributed by atoms with Gasteiger partial charge in [-0.15, -0.1) is 0 Å². The Morgan fingerprint density at radius 3 is 2.67 bits per heavy atom. The van der Waals surface area contributed by atoms with Gasteiger partial charge in [0.25, 0.3) is 0 Å². The van der Waals surface area contributed by atoms with Gasteiger partial charge in [-0.2, -0.15) is 0 Å². The van der Waals surface area contributed by atoms with Gasteiger partial charge in [-0.25, -0.2) is 4.39 Å². The highest BCUT2D eigenvalue weighted by atomic mass is 19.1. The van der Waals surface area contributed by atoms with E-state index in [0.717, 1.165) is 38.1 Å². The van der Waals surface area contributed by atoms with Crippen molar-refractivity contribution in [1.29, 1.82) is 0 Å². The second-order valence-corrected chi connectivity index (χ2v) is 5.47. The number of benzene rings is 1. The van der Waals surface area contributed by atoms with Crippen LogP contribution in [-0.4, -0.2) is 44.8 Å². The SMILES string of the molecule is CCC(C)N(CCOC)CCC(NC)c1cccc(F)c1. The van der Waals surface area contributed by atoms with Crippen LogP contribution in [0.3, 0.4) is 0 Å². The molecule has 120 valence electrons. The molecular weight excluding hydrogens is 267 g/mol. The number of ether oxygens (including phenoxy) is 1. The number of nitrogens with one attached hydrogen (secondary N) is 1. The standard InChI is InChI=1S/C17H29FN2O/c1-5-14(2)20(11-12-21-4)10-9-17(19-3)15-7-6-8-16(18)13-15/h6-8,13-14,17,19H,5,9-12H2,1-4H3. The van der Waals surface area contributed by atoms with Crippen LogP contribution in [0.5, 0.6) is 0 Å². The molecule has 0 fully saturated rings. The van der Waals surface area contributed by atoms with E-state index in [2.05, 4.69) is 24.1 Å². The van der Waals surface area contributed by atoms with Gasteiger partial charge in [-0.05, 0) is 44.5 Å². The summed E-state index contributed by atoms with van der Waals surface area (Å²) < 4.78 is 18.6. The fourth-order valence-electron chi connectivity index (χ4n) is 2.52. The van der Waals surface area contributed by atoms with Gasteiger partial charge in [0.1, 0.15) is 5.82 Å². The summed E-state index contributed by atoms with van der Waals surface area (Å²) >= 11 is 0. The minimum Gasteiger partial charge on any atom is -0.383 e. The monoisotopic (exact) mass is 296 g/mol. The fourth-order valence-corrected chi connectivity index (χ4v) is 2.52. The molecule has 0 heterocycles. The van der Waals surface area contributed by atoms with Gasteiger partial charge in [-0.3, -0.25) is 4.90 Å². The first kappa shape index (κ1) is 18.1. The van der Waals surface area contributed by atoms with Crippen LogP contribution in [-0.2, 0) is 4.74 Å². The van der Waals surface area contributed by atoms with Crippen LogP contribution in [0.2, 0.25) is 0 Å². The molecule has 0 aliphatic heterocycles. The average Bonchev–Trinajstić information content (AvgIpc) is 2.50. The number of methoxy groups -OCH3 is 1. The molecule has 21 heavy (non-hydrogen) atoms. The smallest absolute Gasteiger partial charge is 0.123 e. The highest BCUT2D eigenvalue weighted by Gasteiger charge is 2.15. The van der Waals surface area contributed by atoms with Crippen LogP contribution in [0.25, 0.3) is 0 Å². The van der Waals surface area contributed by atoms with Crippen molar-refractivity contribution in [2.24, 2.45) is 0 Å². The van der Waals surface area contributed by atoms with Gasteiger partial charge < -0.3 is 10.1 Å². The van der Waals surface area contributed by atoms with Crippen LogP contribution in [0.4, 0.5) is 4.39 Å². The van der Waals surface area contributed by atoms with Gasteiger partial charge in [0.15, 0.2) is 0 Å². The van der Waals surface area contributed by atoms with E-state index in [0.29, 0.717) is 6.04 Å². The van der Waals surface area contributed by atoms with E-state index in [1.54, 1.807) is 19.2 Å². The van der Waals surface area contributed by atoms with Gasteiger partial charge >= 0.3 is 0 Å². The lowest BCUT2D eigenvalue weighted by atomic mass is 10.0. The second kappa shape index (κ2) is 9.87. The molecule has 1 aromatic rings. The van der Waals surface area contributed by atoms with E-state index in [9.17, 15) is 4.39 Å². The maximum atomic E-state index is 13.4. The zero-order valence-corrected chi connectivity index (χ0v) is 13.7. The Labute approximate surface area is 128 Å². The number of nitrogens with zero attached hydrogens (tertiary/aromatic N) is 1. The Bertz CT molecular complexity index is 400. The van der Waals surface area contributed by atoms with Crippen LogP contribution in [0.1, 0.15) is 38.3 Å². The summed E-state index contributed by atoms with van der Waals surface area (Å²) in [5.74, 6) is -0.175. The summed E-state index contributed by atoms with van der Waals surface area (Å²) in [6.07, 6.45) is 2.07. The molecule has 0 aromatic heterocycles. The first-order valence-corrected chi connectivity index (χ1v) is 7.78. The van der Waals surface area contributed by atoms with Crippen molar-refractivity contribution in [3.8, 4) is 0 Å². The topological polar surface area (TPSA) is 24.5 Å². The molecule has 0 saturated heterocycles. The molecule has 0 aliphatic carbocycles. The molecule has 0 radical (unpaired) electrons. The molecule has 2 atom stereocenters. The van der Waals surface area contributed by atoms with Gasteiger partial charge in [0.2, 0.25) is 0 Å². The molecule has 0 amide bonds. The highest BCUT2D eigenvalue weighted by molar-refractivity contribution is 5.20. The Morgan fingerprint density at radius 1 is 1.33 bits per heavy atom. The quantitative estimate of drug-likeness (QED) is 0.717. The minimum absolute atomic E-state index is 0.175. The lowest BCUT2D eigenvalue weighted by Crippen LogP contribution is -2.37. The lowest BCUT2D eigenvalue weighted by Gasteiger charge is -2.30. The van der Waals surface area contributed by atoms with Crippen molar-refractivity contribution in [3.05, 3.63) is 35.6 Å². The molecule has 0 saturated carbocycles. The van der Waals surface area contributed by atoms with Crippen LogP contribution in [0.15, 0.2) is 24.3 Å². The van der Waals surface area contributed by atoms with Crippen LogP contribution < -0.4 is 5.32 Å². The van der Waals surface area contributed by atoms with Crippen LogP contribution >= 0.6 is 0 Å². The maximum absolute atomic E-state index is 13.4. The molecule has 1 N–H and O–H groups in total. The molecule has 0 aliphatic rings. The number of rotatable bonds is 10. The number of hydrogen-bond acceptors (Lipinski definition) is 3. The van der Waals surface area contributed by atoms with Crippen LogP contribution in [0, 0.1) is 5.82 Å². The third-order valence-electron chi connectivity index (χ3n) is 4.10. The van der Waals surface area contributed by atoms with Gasteiger partial charge in [0.05, 0.1) is 6.61 Å². The summed E-state index contributed by atoms with van der Waals surface area (Å²) in [5, 5.41) is 3.29. The van der Waals surface area contributed by atoms with Crippen molar-refractivity contribution in [2.45, 2.75) is 38.8 Å². The third kappa shape index (κ3) is 6.12. The summed E-state index contributed by atoms with van der Waals surface area (Å²) in [6, 6.07) is 7.56. The predicted molar refractivity (Wildman–Crippen MR) is 86.0 cm³/mol. The Balaban J connectivity index is 2.62. The van der Waals surface area contributed by atoms with E-state index in [1.165, 1.54) is 6.07 Å². The predicted octanol–water partition coefficient (Wildman–Crippen LogP) is 3.22. The second-order valence-electron chi connectivity index (χ2n) is 5.47. The number of hydrogen-bond donors (Lipinski definition) is 1. The molecule has 2 unspecified atom stereocenters. The Hall–Kier alpha value is -0.970. The van der Waals surface area contributed by atoms with Crippen molar-refractivity contribution in [3.63, 3.8) is 0 Å². The average molecular weight is 296 g/mol. The summed E-state index contributed by atoms with van der Waals surface area (Å²) in [6.45, 7) is 7.10. The molecular formula is C17H29FN2O. The number of halogens is 1. The molecule has 1 rings (SSSR count). The molecule has 3 nitrogen and oxygen atoms in total. The minimum atomic E-state index is -0.175. The van der Waals surface area contributed by atoms with Gasteiger partial charge in [-0.1, -0.05) is 19.1 Å². The normalized spacial score (nSPS) is 14.4. The van der Waals surface area contributed by atoms with Crippen molar-refractivity contribution < 1.29 is 9.13 Å². The summed E-state index contributed by atoms with van der Waals surface area (Å²) in [7, 11) is 3.66. The highest BCUT2D eigenvalue weighted by Crippen LogP contribution is 2.18. The Kier molecular flexibility index (Phi) is 8.50. The molecule has 0 bridgehead atoms. The van der Waals surface area contributed by atoms with E-state index >= 15 is 0 Å². The first-order valence-electron chi connectivity index (χ1n) is 7.78. The van der Waals surface area contributed by atoms with E-state index in [4.69, 9.17) is 4.74 Å². The van der Waals surface area contributed by atoms with E-state index < -0.39 is 0 Å². The lowest BCUT2D eigenvalue weighted by molar-refractivity contribution is 0.119. The first-order chi connectivity index (χ1) is 10.1. The molecule has 4 heteroatoms. The third-order valence-corrected chi connectivity index (χ3v) is 4.10.